The van der Waals surface area contributed by atoms with Crippen molar-refractivity contribution in [3.63, 3.8) is 0 Å². The van der Waals surface area contributed by atoms with E-state index in [2.05, 4.69) is 5.32 Å². The minimum Gasteiger partial charge on any atom is -0.322 e. The van der Waals surface area contributed by atoms with Crippen molar-refractivity contribution in [3.05, 3.63) is 71.3 Å². The molecule has 98 valence electrons. The first-order valence-electron chi connectivity index (χ1n) is 6.23. The standard InChI is InChI=1S/C17H14N2O/c1-13-5-7-14(8-6-13)9-10-17(20)19-16-4-2-3-15(11-16)12-18/h2-11H,1H3,(H,19,20)/b10-9+. The van der Waals surface area contributed by atoms with E-state index in [1.807, 2.05) is 37.3 Å². The fraction of sp³-hybridized carbons (Fsp3) is 0.0588. The molecule has 3 nitrogen and oxygen atoms in total. The van der Waals surface area contributed by atoms with Gasteiger partial charge >= 0.3 is 0 Å². The van der Waals surface area contributed by atoms with Gasteiger partial charge in [0.15, 0.2) is 0 Å². The quantitative estimate of drug-likeness (QED) is 0.860. The molecule has 2 aromatic carbocycles. The number of rotatable bonds is 3. The number of amides is 1. The normalized spacial score (nSPS) is 10.2. The molecule has 0 atom stereocenters. The van der Waals surface area contributed by atoms with Crippen molar-refractivity contribution < 1.29 is 4.79 Å². The largest absolute Gasteiger partial charge is 0.322 e. The molecule has 0 fully saturated rings. The molecule has 20 heavy (non-hydrogen) atoms. The van der Waals surface area contributed by atoms with Crippen molar-refractivity contribution in [3.8, 4) is 6.07 Å². The van der Waals surface area contributed by atoms with Gasteiger partial charge in [-0.15, -0.1) is 0 Å². The van der Waals surface area contributed by atoms with E-state index in [1.165, 1.54) is 11.6 Å². The second-order valence-corrected chi connectivity index (χ2v) is 4.43. The third-order valence-electron chi connectivity index (χ3n) is 2.76. The molecule has 0 aliphatic rings. The van der Waals surface area contributed by atoms with Crippen LogP contribution in [0.2, 0.25) is 0 Å². The topological polar surface area (TPSA) is 52.9 Å². The Balaban J connectivity index is 2.02. The van der Waals surface area contributed by atoms with Gasteiger partial charge in [-0.2, -0.15) is 5.26 Å². The predicted molar refractivity (Wildman–Crippen MR) is 80.0 cm³/mol. The molecule has 1 amide bonds. The van der Waals surface area contributed by atoms with Crippen molar-refractivity contribution in [2.75, 3.05) is 5.32 Å². The van der Waals surface area contributed by atoms with Gasteiger partial charge in [0.25, 0.3) is 0 Å². The number of anilines is 1. The summed E-state index contributed by atoms with van der Waals surface area (Å²) in [6.07, 6.45) is 3.23. The highest BCUT2D eigenvalue weighted by atomic mass is 16.1. The summed E-state index contributed by atoms with van der Waals surface area (Å²) in [5.41, 5.74) is 3.28. The van der Waals surface area contributed by atoms with Crippen molar-refractivity contribution in [1.29, 1.82) is 5.26 Å². The van der Waals surface area contributed by atoms with E-state index in [0.717, 1.165) is 5.56 Å². The van der Waals surface area contributed by atoms with E-state index in [-0.39, 0.29) is 5.91 Å². The molecule has 2 rings (SSSR count). The summed E-state index contributed by atoms with van der Waals surface area (Å²) >= 11 is 0. The minimum atomic E-state index is -0.222. The number of hydrogen-bond donors (Lipinski definition) is 1. The Hall–Kier alpha value is -2.86. The zero-order chi connectivity index (χ0) is 14.4. The van der Waals surface area contributed by atoms with Gasteiger partial charge < -0.3 is 5.32 Å². The molecule has 0 radical (unpaired) electrons. The first-order chi connectivity index (χ1) is 9.67. The first kappa shape index (κ1) is 13.6. The van der Waals surface area contributed by atoms with Crippen molar-refractivity contribution in [2.45, 2.75) is 6.92 Å². The van der Waals surface area contributed by atoms with Crippen LogP contribution in [0.1, 0.15) is 16.7 Å². The maximum Gasteiger partial charge on any atom is 0.248 e. The fourth-order valence-electron chi connectivity index (χ4n) is 1.70. The molecule has 0 unspecified atom stereocenters. The molecule has 0 heterocycles. The number of nitrogens with one attached hydrogen (secondary N) is 1. The third-order valence-corrected chi connectivity index (χ3v) is 2.76. The second kappa shape index (κ2) is 6.35. The molecule has 0 saturated carbocycles. The average molecular weight is 262 g/mol. The number of carbonyl (C=O) groups excluding carboxylic acids is 1. The molecule has 0 aromatic heterocycles. The highest BCUT2D eigenvalue weighted by Gasteiger charge is 1.99. The zero-order valence-electron chi connectivity index (χ0n) is 11.1. The van der Waals surface area contributed by atoms with Crippen LogP contribution in [-0.4, -0.2) is 5.91 Å². The summed E-state index contributed by atoms with van der Waals surface area (Å²) < 4.78 is 0. The molecular weight excluding hydrogens is 248 g/mol. The number of hydrogen-bond acceptors (Lipinski definition) is 2. The SMILES string of the molecule is Cc1ccc(/C=C/C(=O)Nc2cccc(C#N)c2)cc1. The Bertz CT molecular complexity index is 679. The Morgan fingerprint density at radius 1 is 1.20 bits per heavy atom. The minimum absolute atomic E-state index is 0.222. The van der Waals surface area contributed by atoms with E-state index in [0.29, 0.717) is 11.3 Å². The number of carbonyl (C=O) groups is 1. The Labute approximate surface area is 118 Å². The van der Waals surface area contributed by atoms with Gasteiger partial charge in [-0.3, -0.25) is 4.79 Å². The summed E-state index contributed by atoms with van der Waals surface area (Å²) in [6, 6.07) is 16.7. The smallest absolute Gasteiger partial charge is 0.248 e. The van der Waals surface area contributed by atoms with Crippen molar-refractivity contribution in [1.82, 2.24) is 0 Å². The highest BCUT2D eigenvalue weighted by Crippen LogP contribution is 2.10. The van der Waals surface area contributed by atoms with E-state index < -0.39 is 0 Å². The van der Waals surface area contributed by atoms with Crippen LogP contribution in [0.25, 0.3) is 6.08 Å². The first-order valence-corrected chi connectivity index (χ1v) is 6.23. The monoisotopic (exact) mass is 262 g/mol. The van der Waals surface area contributed by atoms with Gasteiger partial charge in [-0.1, -0.05) is 35.9 Å². The number of aryl methyl sites for hydroxylation is 1. The lowest BCUT2D eigenvalue weighted by Crippen LogP contribution is -2.07. The van der Waals surface area contributed by atoms with Crippen molar-refractivity contribution >= 4 is 17.7 Å². The Morgan fingerprint density at radius 2 is 1.95 bits per heavy atom. The second-order valence-electron chi connectivity index (χ2n) is 4.43. The number of nitriles is 1. The van der Waals surface area contributed by atoms with Gasteiger partial charge in [0.2, 0.25) is 5.91 Å². The third kappa shape index (κ3) is 3.82. The summed E-state index contributed by atoms with van der Waals surface area (Å²) in [5.74, 6) is -0.222. The molecule has 3 heteroatoms. The summed E-state index contributed by atoms with van der Waals surface area (Å²) in [6.45, 7) is 2.02. The number of benzene rings is 2. The highest BCUT2D eigenvalue weighted by molar-refractivity contribution is 6.01. The van der Waals surface area contributed by atoms with Crippen LogP contribution in [-0.2, 0) is 4.79 Å². The Kier molecular flexibility index (Phi) is 4.31. The summed E-state index contributed by atoms with van der Waals surface area (Å²) in [5, 5.41) is 11.5. The van der Waals surface area contributed by atoms with Crippen LogP contribution in [0.15, 0.2) is 54.6 Å². The van der Waals surface area contributed by atoms with Gasteiger partial charge in [0.1, 0.15) is 0 Å². The average Bonchev–Trinajstić information content (AvgIpc) is 2.47. The Morgan fingerprint density at radius 3 is 2.65 bits per heavy atom. The van der Waals surface area contributed by atoms with E-state index in [1.54, 1.807) is 30.3 Å². The molecule has 0 bridgehead atoms. The summed E-state index contributed by atoms with van der Waals surface area (Å²) in [4.78, 5) is 11.8. The van der Waals surface area contributed by atoms with Crippen molar-refractivity contribution in [2.24, 2.45) is 0 Å². The van der Waals surface area contributed by atoms with Crippen LogP contribution in [0, 0.1) is 18.3 Å². The van der Waals surface area contributed by atoms with E-state index in [4.69, 9.17) is 5.26 Å². The molecule has 0 spiro atoms. The van der Waals surface area contributed by atoms with Gasteiger partial charge in [-0.25, -0.2) is 0 Å². The maximum atomic E-state index is 11.8. The summed E-state index contributed by atoms with van der Waals surface area (Å²) in [7, 11) is 0. The zero-order valence-corrected chi connectivity index (χ0v) is 11.1. The van der Waals surface area contributed by atoms with Crippen LogP contribution in [0.5, 0.6) is 0 Å². The lowest BCUT2D eigenvalue weighted by Gasteiger charge is -2.02. The van der Waals surface area contributed by atoms with Gasteiger partial charge in [-0.05, 0) is 36.8 Å². The van der Waals surface area contributed by atoms with Crippen LogP contribution in [0.3, 0.4) is 0 Å². The molecule has 0 saturated heterocycles. The molecule has 2 aromatic rings. The lowest BCUT2D eigenvalue weighted by molar-refractivity contribution is -0.111. The molecule has 0 aliphatic heterocycles. The predicted octanol–water partition coefficient (Wildman–Crippen LogP) is 3.52. The van der Waals surface area contributed by atoms with Gasteiger partial charge in [0, 0.05) is 11.8 Å². The van der Waals surface area contributed by atoms with E-state index >= 15 is 0 Å². The van der Waals surface area contributed by atoms with Crippen LogP contribution < -0.4 is 5.32 Å². The van der Waals surface area contributed by atoms with Crippen LogP contribution >= 0.6 is 0 Å². The molecule has 0 aliphatic carbocycles. The maximum absolute atomic E-state index is 11.8. The lowest BCUT2D eigenvalue weighted by atomic mass is 10.1. The number of nitrogens with zero attached hydrogens (tertiary/aromatic N) is 1. The van der Waals surface area contributed by atoms with Crippen LogP contribution in [0.4, 0.5) is 5.69 Å². The molecular formula is C17H14N2O. The molecule has 1 N–H and O–H groups in total. The van der Waals surface area contributed by atoms with E-state index in [9.17, 15) is 4.79 Å². The van der Waals surface area contributed by atoms with Gasteiger partial charge in [0.05, 0.1) is 11.6 Å². The fourth-order valence-corrected chi connectivity index (χ4v) is 1.70.